The van der Waals surface area contributed by atoms with Crippen molar-refractivity contribution < 1.29 is 13.9 Å². The van der Waals surface area contributed by atoms with Gasteiger partial charge in [-0.15, -0.1) is 0 Å². The lowest BCUT2D eigenvalue weighted by Crippen LogP contribution is -2.53. The first-order chi connectivity index (χ1) is 13.5. The maximum atomic E-state index is 13.9. The summed E-state index contributed by atoms with van der Waals surface area (Å²) in [6.45, 7) is 9.33. The summed E-state index contributed by atoms with van der Waals surface area (Å²) < 4.78 is 19.5. The van der Waals surface area contributed by atoms with Crippen molar-refractivity contribution in [3.63, 3.8) is 0 Å². The van der Waals surface area contributed by atoms with Crippen LogP contribution < -0.4 is 5.32 Å². The third-order valence-corrected chi connectivity index (χ3v) is 5.78. The number of halogens is 1. The summed E-state index contributed by atoms with van der Waals surface area (Å²) in [6, 6.07) is 6.90. The van der Waals surface area contributed by atoms with Gasteiger partial charge < -0.3 is 19.9 Å². The van der Waals surface area contributed by atoms with E-state index in [-0.39, 0.29) is 17.1 Å². The smallest absolute Gasteiger partial charge is 0.219 e. The van der Waals surface area contributed by atoms with Gasteiger partial charge in [-0.05, 0) is 37.5 Å². The van der Waals surface area contributed by atoms with Crippen molar-refractivity contribution in [2.24, 2.45) is 4.99 Å². The summed E-state index contributed by atoms with van der Waals surface area (Å²) in [6.07, 6.45) is 1.66. The number of aliphatic imine (C=N–C) groups is 1. The van der Waals surface area contributed by atoms with Gasteiger partial charge in [0.2, 0.25) is 5.91 Å². The van der Waals surface area contributed by atoms with Crippen molar-refractivity contribution in [3.05, 3.63) is 35.6 Å². The van der Waals surface area contributed by atoms with E-state index in [1.165, 1.54) is 6.07 Å². The molecule has 2 aliphatic rings. The van der Waals surface area contributed by atoms with Gasteiger partial charge in [0.25, 0.3) is 0 Å². The zero-order chi connectivity index (χ0) is 20.0. The summed E-state index contributed by atoms with van der Waals surface area (Å²) in [5.74, 6) is 0.779. The van der Waals surface area contributed by atoms with Gasteiger partial charge in [0, 0.05) is 58.3 Å². The molecule has 0 bridgehead atoms. The Morgan fingerprint density at radius 1 is 1.21 bits per heavy atom. The molecular weight excluding hydrogens is 359 g/mol. The maximum Gasteiger partial charge on any atom is 0.219 e. The number of ether oxygens (including phenoxy) is 1. The normalized spacial score (nSPS) is 20.2. The van der Waals surface area contributed by atoms with E-state index in [2.05, 4.69) is 17.1 Å². The molecule has 28 heavy (non-hydrogen) atoms. The van der Waals surface area contributed by atoms with Crippen molar-refractivity contribution in [1.29, 1.82) is 0 Å². The van der Waals surface area contributed by atoms with Crippen LogP contribution in [0.2, 0.25) is 0 Å². The summed E-state index contributed by atoms with van der Waals surface area (Å²) in [7, 11) is 0. The van der Waals surface area contributed by atoms with Gasteiger partial charge in [0.1, 0.15) is 5.82 Å². The molecule has 2 heterocycles. The second-order valence-corrected chi connectivity index (χ2v) is 7.57. The fourth-order valence-electron chi connectivity index (χ4n) is 4.00. The standard InChI is InChI=1S/C21H31FN4O2/c1-3-23-20(26-11-9-25(10-12-26)17(2)27)24-16-21(7-13-28-14-8-21)18-5-4-6-19(22)15-18/h4-6,15H,3,7-14,16H2,1-2H3,(H,23,24). The highest BCUT2D eigenvalue weighted by Gasteiger charge is 2.35. The van der Waals surface area contributed by atoms with Crippen LogP contribution in [0, 0.1) is 5.82 Å². The molecule has 7 heteroatoms. The molecule has 1 amide bonds. The first-order valence-electron chi connectivity index (χ1n) is 10.2. The Morgan fingerprint density at radius 2 is 1.89 bits per heavy atom. The minimum Gasteiger partial charge on any atom is -0.381 e. The molecule has 0 aliphatic carbocycles. The van der Waals surface area contributed by atoms with Crippen LogP contribution in [0.4, 0.5) is 4.39 Å². The summed E-state index contributed by atoms with van der Waals surface area (Å²) in [5.41, 5.74) is 0.791. The van der Waals surface area contributed by atoms with Crippen molar-refractivity contribution in [3.8, 4) is 0 Å². The van der Waals surface area contributed by atoms with Crippen LogP contribution in [-0.2, 0) is 14.9 Å². The zero-order valence-electron chi connectivity index (χ0n) is 16.9. The monoisotopic (exact) mass is 390 g/mol. The Morgan fingerprint density at radius 3 is 2.50 bits per heavy atom. The predicted octanol–water partition coefficient (Wildman–Crippen LogP) is 2.00. The molecule has 154 valence electrons. The number of nitrogens with one attached hydrogen (secondary N) is 1. The highest BCUT2D eigenvalue weighted by atomic mass is 19.1. The lowest BCUT2D eigenvalue weighted by Gasteiger charge is -2.38. The van der Waals surface area contributed by atoms with E-state index >= 15 is 0 Å². The Balaban J connectivity index is 1.78. The molecule has 2 aliphatic heterocycles. The van der Waals surface area contributed by atoms with Gasteiger partial charge >= 0.3 is 0 Å². The number of nitrogens with zero attached hydrogens (tertiary/aromatic N) is 3. The van der Waals surface area contributed by atoms with Gasteiger partial charge in [-0.1, -0.05) is 12.1 Å². The van der Waals surface area contributed by atoms with Crippen molar-refractivity contribution in [2.45, 2.75) is 32.1 Å². The van der Waals surface area contributed by atoms with E-state index in [4.69, 9.17) is 9.73 Å². The highest BCUT2D eigenvalue weighted by Crippen LogP contribution is 2.35. The van der Waals surface area contributed by atoms with Crippen molar-refractivity contribution in [2.75, 3.05) is 52.5 Å². The molecule has 0 aromatic heterocycles. The maximum absolute atomic E-state index is 13.9. The van der Waals surface area contributed by atoms with E-state index in [1.54, 1.807) is 19.1 Å². The molecule has 0 unspecified atom stereocenters. The molecule has 0 radical (unpaired) electrons. The zero-order valence-corrected chi connectivity index (χ0v) is 16.9. The number of carbonyl (C=O) groups is 1. The minimum absolute atomic E-state index is 0.119. The number of hydrogen-bond donors (Lipinski definition) is 1. The molecule has 3 rings (SSSR count). The topological polar surface area (TPSA) is 57.2 Å². The number of rotatable bonds is 4. The lowest BCUT2D eigenvalue weighted by atomic mass is 9.74. The third-order valence-electron chi connectivity index (χ3n) is 5.78. The van der Waals surface area contributed by atoms with Crippen molar-refractivity contribution >= 4 is 11.9 Å². The number of carbonyl (C=O) groups excluding carboxylic acids is 1. The fourth-order valence-corrected chi connectivity index (χ4v) is 4.00. The van der Waals surface area contributed by atoms with Crippen LogP contribution in [-0.4, -0.2) is 74.1 Å². The number of piperazine rings is 1. The molecule has 0 spiro atoms. The molecular formula is C21H31FN4O2. The molecule has 1 N–H and O–H groups in total. The second-order valence-electron chi connectivity index (χ2n) is 7.57. The summed E-state index contributed by atoms with van der Waals surface area (Å²) >= 11 is 0. The number of guanidine groups is 1. The minimum atomic E-state index is -0.209. The third kappa shape index (κ3) is 4.82. The number of benzene rings is 1. The Hall–Kier alpha value is -2.15. The first-order valence-corrected chi connectivity index (χ1v) is 10.2. The molecule has 2 saturated heterocycles. The summed E-state index contributed by atoms with van der Waals surface area (Å²) in [5, 5.41) is 3.38. The average molecular weight is 391 g/mol. The van der Waals surface area contributed by atoms with E-state index < -0.39 is 0 Å². The quantitative estimate of drug-likeness (QED) is 0.631. The lowest BCUT2D eigenvalue weighted by molar-refractivity contribution is -0.130. The molecule has 1 aromatic rings. The SMILES string of the molecule is CCNC(=NCC1(c2cccc(F)c2)CCOCC1)N1CCN(C(C)=O)CC1. The van der Waals surface area contributed by atoms with E-state index in [1.807, 2.05) is 11.0 Å². The molecule has 0 atom stereocenters. The van der Waals surface area contributed by atoms with Crippen molar-refractivity contribution in [1.82, 2.24) is 15.1 Å². The highest BCUT2D eigenvalue weighted by molar-refractivity contribution is 5.80. The predicted molar refractivity (Wildman–Crippen MR) is 108 cm³/mol. The molecule has 2 fully saturated rings. The van der Waals surface area contributed by atoms with Gasteiger partial charge in [-0.3, -0.25) is 9.79 Å². The van der Waals surface area contributed by atoms with Gasteiger partial charge in [-0.2, -0.15) is 0 Å². The average Bonchev–Trinajstić information content (AvgIpc) is 2.72. The van der Waals surface area contributed by atoms with Crippen LogP contribution >= 0.6 is 0 Å². The molecule has 0 saturated carbocycles. The van der Waals surface area contributed by atoms with E-state index in [0.29, 0.717) is 32.8 Å². The Labute approximate surface area is 166 Å². The summed E-state index contributed by atoms with van der Waals surface area (Å²) in [4.78, 5) is 20.6. The van der Waals surface area contributed by atoms with Gasteiger partial charge in [0.15, 0.2) is 5.96 Å². The number of amides is 1. The first kappa shape index (κ1) is 20.6. The van der Waals surface area contributed by atoms with Crippen LogP contribution in [0.15, 0.2) is 29.3 Å². The van der Waals surface area contributed by atoms with Crippen LogP contribution in [0.25, 0.3) is 0 Å². The Kier molecular flexibility index (Phi) is 6.88. The molecule has 6 nitrogen and oxygen atoms in total. The Bertz CT molecular complexity index is 695. The second kappa shape index (κ2) is 9.37. The van der Waals surface area contributed by atoms with Crippen LogP contribution in [0.5, 0.6) is 0 Å². The van der Waals surface area contributed by atoms with Crippen LogP contribution in [0.3, 0.4) is 0 Å². The van der Waals surface area contributed by atoms with E-state index in [0.717, 1.165) is 44.0 Å². The largest absolute Gasteiger partial charge is 0.381 e. The number of hydrogen-bond acceptors (Lipinski definition) is 3. The van der Waals surface area contributed by atoms with Gasteiger partial charge in [-0.25, -0.2) is 4.39 Å². The van der Waals surface area contributed by atoms with E-state index in [9.17, 15) is 9.18 Å². The van der Waals surface area contributed by atoms with Gasteiger partial charge in [0.05, 0.1) is 6.54 Å². The van der Waals surface area contributed by atoms with Crippen LogP contribution in [0.1, 0.15) is 32.3 Å². The molecule has 1 aromatic carbocycles. The fraction of sp³-hybridized carbons (Fsp3) is 0.619.